The van der Waals surface area contributed by atoms with Crippen LogP contribution < -0.4 is 10.0 Å². The molecule has 0 saturated carbocycles. The highest BCUT2D eigenvalue weighted by Crippen LogP contribution is 2.23. The molecule has 0 fully saturated rings. The lowest BCUT2D eigenvalue weighted by Gasteiger charge is -2.06. The highest BCUT2D eigenvalue weighted by Gasteiger charge is 2.08. The molecule has 0 bridgehead atoms. The standard InChI is InChI=1S/C15H18N6O2S/c1-3-24(22,23)20-12-6-4-11(5-7-12)13-10-15(18-17-13)16-14-8-9-21(2)19-14/h4-10,20H,3H2,1-2H3,(H2,16,17,18,19). The van der Waals surface area contributed by atoms with Crippen LogP contribution in [0.25, 0.3) is 11.3 Å². The Hall–Kier alpha value is -2.81. The average Bonchev–Trinajstić information content (AvgIpc) is 3.17. The number of rotatable bonds is 6. The number of anilines is 3. The molecule has 2 aromatic heterocycles. The van der Waals surface area contributed by atoms with Crippen molar-refractivity contribution in [2.24, 2.45) is 7.05 Å². The Labute approximate surface area is 140 Å². The van der Waals surface area contributed by atoms with E-state index < -0.39 is 10.0 Å². The van der Waals surface area contributed by atoms with Crippen LogP contribution in [0.15, 0.2) is 42.6 Å². The summed E-state index contributed by atoms with van der Waals surface area (Å²) in [6, 6.07) is 10.8. The van der Waals surface area contributed by atoms with Gasteiger partial charge in [0.15, 0.2) is 11.6 Å². The third kappa shape index (κ3) is 3.74. The summed E-state index contributed by atoms with van der Waals surface area (Å²) in [5, 5.41) is 14.5. The van der Waals surface area contributed by atoms with Crippen molar-refractivity contribution in [3.8, 4) is 11.3 Å². The van der Waals surface area contributed by atoms with Crippen LogP contribution in [0.1, 0.15) is 6.92 Å². The van der Waals surface area contributed by atoms with Gasteiger partial charge in [-0.25, -0.2) is 8.42 Å². The Morgan fingerprint density at radius 1 is 1.17 bits per heavy atom. The highest BCUT2D eigenvalue weighted by atomic mass is 32.2. The van der Waals surface area contributed by atoms with Gasteiger partial charge in [-0.05, 0) is 24.6 Å². The molecular weight excluding hydrogens is 328 g/mol. The fourth-order valence-corrected chi connectivity index (χ4v) is 2.76. The maximum absolute atomic E-state index is 11.6. The smallest absolute Gasteiger partial charge is 0.232 e. The maximum Gasteiger partial charge on any atom is 0.232 e. The van der Waals surface area contributed by atoms with E-state index in [1.165, 1.54) is 0 Å². The minimum atomic E-state index is -3.27. The molecule has 0 saturated heterocycles. The van der Waals surface area contributed by atoms with E-state index in [0.29, 0.717) is 17.3 Å². The molecule has 0 amide bonds. The third-order valence-corrected chi connectivity index (χ3v) is 4.70. The Kier molecular flexibility index (Phi) is 4.26. The van der Waals surface area contributed by atoms with Gasteiger partial charge in [0, 0.05) is 31.1 Å². The molecule has 1 aromatic carbocycles. The Morgan fingerprint density at radius 3 is 2.54 bits per heavy atom. The number of hydrogen-bond donors (Lipinski definition) is 3. The molecular formula is C15H18N6O2S. The van der Waals surface area contributed by atoms with Crippen molar-refractivity contribution in [3.63, 3.8) is 0 Å². The summed E-state index contributed by atoms with van der Waals surface area (Å²) in [5.74, 6) is 1.40. The highest BCUT2D eigenvalue weighted by molar-refractivity contribution is 7.92. The van der Waals surface area contributed by atoms with Gasteiger partial charge in [-0.2, -0.15) is 10.2 Å². The first kappa shape index (κ1) is 16.1. The predicted molar refractivity (Wildman–Crippen MR) is 93.6 cm³/mol. The van der Waals surface area contributed by atoms with E-state index in [2.05, 4.69) is 25.3 Å². The number of nitrogens with one attached hydrogen (secondary N) is 3. The predicted octanol–water partition coefficient (Wildman–Crippen LogP) is 2.32. The van der Waals surface area contributed by atoms with Gasteiger partial charge in [-0.1, -0.05) is 12.1 Å². The number of sulfonamides is 1. The lowest BCUT2D eigenvalue weighted by Crippen LogP contribution is -2.14. The molecule has 3 N–H and O–H groups in total. The summed E-state index contributed by atoms with van der Waals surface area (Å²) >= 11 is 0. The normalized spacial score (nSPS) is 11.4. The molecule has 8 nitrogen and oxygen atoms in total. The Bertz CT molecular complexity index is 927. The summed E-state index contributed by atoms with van der Waals surface area (Å²) in [5.41, 5.74) is 2.25. The minimum absolute atomic E-state index is 0.0395. The summed E-state index contributed by atoms with van der Waals surface area (Å²) in [4.78, 5) is 0. The molecule has 3 rings (SSSR count). The Balaban J connectivity index is 1.73. The van der Waals surface area contributed by atoms with Crippen LogP contribution in [-0.4, -0.2) is 34.1 Å². The van der Waals surface area contributed by atoms with E-state index in [4.69, 9.17) is 0 Å². The molecule has 0 aliphatic carbocycles. The number of aryl methyl sites for hydroxylation is 1. The Morgan fingerprint density at radius 2 is 1.92 bits per heavy atom. The van der Waals surface area contributed by atoms with Crippen molar-refractivity contribution in [2.45, 2.75) is 6.92 Å². The van der Waals surface area contributed by atoms with Crippen LogP contribution in [-0.2, 0) is 17.1 Å². The topological polar surface area (TPSA) is 105 Å². The first-order valence-electron chi connectivity index (χ1n) is 7.38. The molecule has 3 aromatic rings. The fourth-order valence-electron chi connectivity index (χ4n) is 2.12. The SMILES string of the molecule is CCS(=O)(=O)Nc1ccc(-c2cc(Nc3ccn(C)n3)n[nH]2)cc1. The number of benzene rings is 1. The van der Waals surface area contributed by atoms with Crippen molar-refractivity contribution in [1.29, 1.82) is 0 Å². The van der Waals surface area contributed by atoms with E-state index in [-0.39, 0.29) is 5.75 Å². The summed E-state index contributed by atoms with van der Waals surface area (Å²) < 4.78 is 27.3. The summed E-state index contributed by atoms with van der Waals surface area (Å²) in [7, 11) is -1.42. The van der Waals surface area contributed by atoms with Crippen molar-refractivity contribution in [3.05, 3.63) is 42.6 Å². The second kappa shape index (κ2) is 6.36. The summed E-state index contributed by atoms with van der Waals surface area (Å²) in [6.45, 7) is 1.59. The number of aromatic amines is 1. The molecule has 24 heavy (non-hydrogen) atoms. The zero-order valence-corrected chi connectivity index (χ0v) is 14.1. The van der Waals surface area contributed by atoms with Gasteiger partial charge in [-0.15, -0.1) is 0 Å². The van der Waals surface area contributed by atoms with Gasteiger partial charge in [0.1, 0.15) is 0 Å². The number of nitrogens with zero attached hydrogens (tertiary/aromatic N) is 3. The maximum atomic E-state index is 11.6. The largest absolute Gasteiger partial charge is 0.322 e. The van der Waals surface area contributed by atoms with Gasteiger partial charge in [0.2, 0.25) is 10.0 Å². The number of hydrogen-bond acceptors (Lipinski definition) is 5. The number of aromatic nitrogens is 4. The van der Waals surface area contributed by atoms with Crippen LogP contribution in [0, 0.1) is 0 Å². The van der Waals surface area contributed by atoms with E-state index >= 15 is 0 Å². The first-order chi connectivity index (χ1) is 11.4. The van der Waals surface area contributed by atoms with E-state index in [1.54, 1.807) is 23.7 Å². The fraction of sp³-hybridized carbons (Fsp3) is 0.200. The van der Waals surface area contributed by atoms with Gasteiger partial charge >= 0.3 is 0 Å². The lowest BCUT2D eigenvalue weighted by molar-refractivity contribution is 0.602. The van der Waals surface area contributed by atoms with Crippen LogP contribution in [0.3, 0.4) is 0 Å². The molecule has 0 atom stereocenters. The van der Waals surface area contributed by atoms with Gasteiger partial charge in [0.25, 0.3) is 0 Å². The zero-order chi connectivity index (χ0) is 17.2. The van der Waals surface area contributed by atoms with Crippen molar-refractivity contribution >= 4 is 27.3 Å². The molecule has 0 aliphatic heterocycles. The number of H-pyrrole nitrogens is 1. The monoisotopic (exact) mass is 346 g/mol. The van der Waals surface area contributed by atoms with E-state index in [9.17, 15) is 8.42 Å². The van der Waals surface area contributed by atoms with Crippen molar-refractivity contribution < 1.29 is 8.42 Å². The van der Waals surface area contributed by atoms with E-state index in [0.717, 1.165) is 11.3 Å². The van der Waals surface area contributed by atoms with Gasteiger partial charge in [0.05, 0.1) is 11.4 Å². The van der Waals surface area contributed by atoms with Crippen molar-refractivity contribution in [2.75, 3.05) is 15.8 Å². The minimum Gasteiger partial charge on any atom is -0.322 e. The molecule has 126 valence electrons. The van der Waals surface area contributed by atoms with Crippen LogP contribution >= 0.6 is 0 Å². The zero-order valence-electron chi connectivity index (χ0n) is 13.3. The molecule has 0 spiro atoms. The molecule has 0 unspecified atom stereocenters. The molecule has 9 heteroatoms. The van der Waals surface area contributed by atoms with Crippen LogP contribution in [0.5, 0.6) is 0 Å². The first-order valence-corrected chi connectivity index (χ1v) is 9.03. The van der Waals surface area contributed by atoms with Crippen molar-refractivity contribution in [1.82, 2.24) is 20.0 Å². The quantitative estimate of drug-likeness (QED) is 0.635. The van der Waals surface area contributed by atoms with Crippen LogP contribution in [0.4, 0.5) is 17.3 Å². The molecule has 0 radical (unpaired) electrons. The lowest BCUT2D eigenvalue weighted by atomic mass is 10.1. The van der Waals surface area contributed by atoms with Crippen LogP contribution in [0.2, 0.25) is 0 Å². The van der Waals surface area contributed by atoms with Gasteiger partial charge in [-0.3, -0.25) is 14.5 Å². The second-order valence-corrected chi connectivity index (χ2v) is 7.26. The summed E-state index contributed by atoms with van der Waals surface area (Å²) in [6.07, 6.45) is 1.84. The van der Waals surface area contributed by atoms with Gasteiger partial charge < -0.3 is 5.32 Å². The average molecular weight is 346 g/mol. The van der Waals surface area contributed by atoms with E-state index in [1.807, 2.05) is 37.5 Å². The molecule has 0 aliphatic rings. The third-order valence-electron chi connectivity index (χ3n) is 3.40. The second-order valence-electron chi connectivity index (χ2n) is 5.25. The molecule has 2 heterocycles.